The molecule has 210 valence electrons. The number of aryl methyl sites for hydroxylation is 2. The summed E-state index contributed by atoms with van der Waals surface area (Å²) in [6.45, 7) is 0.977. The third kappa shape index (κ3) is 7.12. The number of carbonyl (C=O) groups excluding carboxylic acids is 3. The maximum atomic E-state index is 13.0. The van der Waals surface area contributed by atoms with E-state index >= 15 is 0 Å². The molecule has 9 nitrogen and oxygen atoms in total. The van der Waals surface area contributed by atoms with E-state index in [1.165, 1.54) is 7.11 Å². The van der Waals surface area contributed by atoms with E-state index in [0.717, 1.165) is 16.7 Å². The van der Waals surface area contributed by atoms with E-state index in [9.17, 15) is 14.4 Å². The van der Waals surface area contributed by atoms with Crippen LogP contribution in [0.5, 0.6) is 17.2 Å². The predicted octanol–water partition coefficient (Wildman–Crippen LogP) is 3.11. The molecule has 2 N–H and O–H groups in total. The van der Waals surface area contributed by atoms with Crippen LogP contribution in [0, 0.1) is 0 Å². The van der Waals surface area contributed by atoms with Crippen LogP contribution >= 0.6 is 11.3 Å². The standard InChI is InChI=1S/C30H33N3O6S/c1-37-26-14-20-4-9-25(26)38-18-29(35)31-15-21-2-7-23(8-3-21)39-27-17-33(16-24(27)32-28(34)10-5-20)30(36)11-6-22-12-13-40-19-22/h2-4,7-9,12-14,19,24,27H,5-6,10-11,15-18H2,1H3,(H,31,35)(H,32,34)/t24-,27-/m0/s1. The lowest BCUT2D eigenvalue weighted by molar-refractivity contribution is -0.130. The van der Waals surface area contributed by atoms with Gasteiger partial charge in [0.2, 0.25) is 11.8 Å². The smallest absolute Gasteiger partial charge is 0.258 e. The van der Waals surface area contributed by atoms with Gasteiger partial charge in [0.15, 0.2) is 18.1 Å². The second-order valence-corrected chi connectivity index (χ2v) is 10.7. The highest BCUT2D eigenvalue weighted by atomic mass is 32.1. The topological polar surface area (TPSA) is 106 Å². The fourth-order valence-electron chi connectivity index (χ4n) is 4.86. The Morgan fingerprint density at radius 1 is 1.05 bits per heavy atom. The molecular formula is C30H33N3O6S. The first-order valence-corrected chi connectivity index (χ1v) is 14.3. The molecule has 0 saturated carbocycles. The molecule has 2 atom stereocenters. The third-order valence-corrected chi connectivity index (χ3v) is 7.83. The summed E-state index contributed by atoms with van der Waals surface area (Å²) in [5.74, 6) is 1.26. The Kier molecular flexibility index (Phi) is 8.85. The molecule has 3 amide bonds. The van der Waals surface area contributed by atoms with Crippen LogP contribution in [0.15, 0.2) is 59.3 Å². The molecule has 5 aliphatic rings. The number of hydrogen-bond donors (Lipinski definition) is 2. The van der Waals surface area contributed by atoms with Crippen LogP contribution in [0.3, 0.4) is 0 Å². The van der Waals surface area contributed by atoms with E-state index < -0.39 is 0 Å². The van der Waals surface area contributed by atoms with Gasteiger partial charge in [0.25, 0.3) is 5.91 Å². The molecule has 5 aliphatic heterocycles. The van der Waals surface area contributed by atoms with E-state index in [0.29, 0.717) is 56.1 Å². The largest absolute Gasteiger partial charge is 0.493 e. The fraction of sp³-hybridized carbons (Fsp3) is 0.367. The molecule has 1 saturated heterocycles. The summed E-state index contributed by atoms with van der Waals surface area (Å²) in [7, 11) is 1.54. The van der Waals surface area contributed by atoms with Crippen molar-refractivity contribution < 1.29 is 28.6 Å². The number of ether oxygens (including phenoxy) is 3. The van der Waals surface area contributed by atoms with E-state index in [1.807, 2.05) is 47.8 Å². The lowest BCUT2D eigenvalue weighted by Crippen LogP contribution is -2.45. The molecule has 6 heterocycles. The Balaban J connectivity index is 1.32. The molecule has 3 aromatic rings. The summed E-state index contributed by atoms with van der Waals surface area (Å²) in [6, 6.07) is 14.5. The van der Waals surface area contributed by atoms with Crippen molar-refractivity contribution >= 4 is 29.1 Å². The van der Waals surface area contributed by atoms with Gasteiger partial charge >= 0.3 is 0 Å². The Morgan fingerprint density at radius 2 is 1.88 bits per heavy atom. The number of thiophene rings is 1. The van der Waals surface area contributed by atoms with Crippen molar-refractivity contribution in [3.63, 3.8) is 0 Å². The van der Waals surface area contributed by atoms with Gasteiger partial charge in [-0.3, -0.25) is 14.4 Å². The molecule has 0 aliphatic carbocycles. The van der Waals surface area contributed by atoms with Crippen LogP contribution in [-0.4, -0.2) is 61.6 Å². The molecule has 4 bridgehead atoms. The average molecular weight is 564 g/mol. The summed E-state index contributed by atoms with van der Waals surface area (Å²) in [5.41, 5.74) is 2.96. The number of rotatable bonds is 4. The number of nitrogens with zero attached hydrogens (tertiary/aromatic N) is 1. The molecule has 1 aromatic heterocycles. The van der Waals surface area contributed by atoms with Gasteiger partial charge in [0, 0.05) is 25.9 Å². The van der Waals surface area contributed by atoms with Gasteiger partial charge in [0.1, 0.15) is 11.9 Å². The van der Waals surface area contributed by atoms with Crippen LogP contribution in [0.1, 0.15) is 29.5 Å². The maximum absolute atomic E-state index is 13.0. The minimum absolute atomic E-state index is 0.0440. The lowest BCUT2D eigenvalue weighted by Gasteiger charge is -2.21. The van der Waals surface area contributed by atoms with Crippen molar-refractivity contribution in [1.82, 2.24) is 15.5 Å². The summed E-state index contributed by atoms with van der Waals surface area (Å²) < 4.78 is 17.4. The SMILES string of the molecule is COc1cc2ccc1OCC(=O)NCc1ccc(cc1)O[C@H]1CN(C(=O)CCc3ccsc3)C[C@@H]1NC(=O)CC2. The summed E-state index contributed by atoms with van der Waals surface area (Å²) >= 11 is 1.62. The summed E-state index contributed by atoms with van der Waals surface area (Å²) in [4.78, 5) is 40.2. The molecule has 0 radical (unpaired) electrons. The number of nitrogens with one attached hydrogen (secondary N) is 2. The number of methoxy groups -OCH3 is 1. The Morgan fingerprint density at radius 3 is 2.65 bits per heavy atom. The molecule has 2 aromatic carbocycles. The van der Waals surface area contributed by atoms with Crippen molar-refractivity contribution in [1.29, 1.82) is 0 Å². The van der Waals surface area contributed by atoms with Gasteiger partial charge < -0.3 is 29.7 Å². The minimum Gasteiger partial charge on any atom is -0.493 e. The third-order valence-electron chi connectivity index (χ3n) is 7.10. The van der Waals surface area contributed by atoms with Crippen LogP contribution in [0.2, 0.25) is 0 Å². The van der Waals surface area contributed by atoms with E-state index in [2.05, 4.69) is 16.0 Å². The van der Waals surface area contributed by atoms with Gasteiger partial charge in [-0.25, -0.2) is 0 Å². The fourth-order valence-corrected chi connectivity index (χ4v) is 5.56. The van der Waals surface area contributed by atoms with Gasteiger partial charge in [-0.1, -0.05) is 18.2 Å². The minimum atomic E-state index is -0.387. The van der Waals surface area contributed by atoms with Gasteiger partial charge in [-0.15, -0.1) is 0 Å². The number of likely N-dealkylation sites (tertiary alicyclic amines) is 1. The molecular weight excluding hydrogens is 530 g/mol. The highest BCUT2D eigenvalue weighted by Gasteiger charge is 2.37. The van der Waals surface area contributed by atoms with Crippen LogP contribution < -0.4 is 24.8 Å². The monoisotopic (exact) mass is 563 g/mol. The average Bonchev–Trinajstić information content (AvgIpc) is 3.63. The number of hydrogen-bond acceptors (Lipinski definition) is 7. The van der Waals surface area contributed by atoms with E-state index in [1.54, 1.807) is 22.3 Å². The van der Waals surface area contributed by atoms with Crippen molar-refractivity contribution in [3.05, 3.63) is 76.0 Å². The first-order valence-electron chi connectivity index (χ1n) is 13.4. The Hall–Kier alpha value is -4.05. The van der Waals surface area contributed by atoms with Crippen LogP contribution in [-0.2, 0) is 33.8 Å². The van der Waals surface area contributed by atoms with Gasteiger partial charge in [0.05, 0.1) is 19.7 Å². The molecule has 0 spiro atoms. The van der Waals surface area contributed by atoms with Gasteiger partial charge in [-0.05, 0) is 70.6 Å². The van der Waals surface area contributed by atoms with Gasteiger partial charge in [-0.2, -0.15) is 11.3 Å². The van der Waals surface area contributed by atoms with Crippen molar-refractivity contribution in [2.75, 3.05) is 26.8 Å². The zero-order valence-corrected chi connectivity index (χ0v) is 23.2. The van der Waals surface area contributed by atoms with Crippen molar-refractivity contribution in [2.24, 2.45) is 0 Å². The highest BCUT2D eigenvalue weighted by molar-refractivity contribution is 7.07. The number of amides is 3. The quantitative estimate of drug-likeness (QED) is 0.506. The van der Waals surface area contributed by atoms with Crippen molar-refractivity contribution in [3.8, 4) is 17.2 Å². The van der Waals surface area contributed by atoms with E-state index in [-0.39, 0.29) is 42.9 Å². The molecule has 0 unspecified atom stereocenters. The maximum Gasteiger partial charge on any atom is 0.258 e. The number of benzene rings is 2. The Bertz CT molecular complexity index is 1330. The normalized spacial score (nSPS) is 19.7. The Labute approximate surface area is 237 Å². The van der Waals surface area contributed by atoms with E-state index in [4.69, 9.17) is 14.2 Å². The van der Waals surface area contributed by atoms with Crippen LogP contribution in [0.25, 0.3) is 0 Å². The molecule has 40 heavy (non-hydrogen) atoms. The first-order chi connectivity index (χ1) is 19.5. The molecule has 1 fully saturated rings. The highest BCUT2D eigenvalue weighted by Crippen LogP contribution is 2.29. The zero-order valence-electron chi connectivity index (χ0n) is 22.4. The second-order valence-electron chi connectivity index (χ2n) is 9.96. The lowest BCUT2D eigenvalue weighted by atomic mass is 10.1. The second kappa shape index (κ2) is 12.9. The summed E-state index contributed by atoms with van der Waals surface area (Å²) in [5, 5.41) is 10.0. The molecule has 8 rings (SSSR count). The number of carbonyl (C=O) groups is 3. The van der Waals surface area contributed by atoms with Crippen molar-refractivity contribution in [2.45, 2.75) is 44.4 Å². The predicted molar refractivity (Wildman–Crippen MR) is 151 cm³/mol. The van der Waals surface area contributed by atoms with Crippen LogP contribution in [0.4, 0.5) is 0 Å². The molecule has 10 heteroatoms. The first kappa shape index (κ1) is 27.5. The zero-order chi connectivity index (χ0) is 27.9. The summed E-state index contributed by atoms with van der Waals surface area (Å²) in [6.07, 6.45) is 1.46.